The van der Waals surface area contributed by atoms with Gasteiger partial charge in [-0.05, 0) is 53.0 Å². The van der Waals surface area contributed by atoms with Crippen LogP contribution in [0.3, 0.4) is 0 Å². The number of phenolic OH excluding ortho intramolecular Hbond substituents is 1. The maximum Gasteiger partial charge on any atom is 0.257 e. The molecule has 2 heterocycles. The van der Waals surface area contributed by atoms with Gasteiger partial charge in [0.1, 0.15) is 5.75 Å². The summed E-state index contributed by atoms with van der Waals surface area (Å²) in [6.45, 7) is 5.48. The van der Waals surface area contributed by atoms with Gasteiger partial charge in [0.25, 0.3) is 5.91 Å². The zero-order valence-corrected chi connectivity index (χ0v) is 21.8. The highest BCUT2D eigenvalue weighted by Crippen LogP contribution is 2.33. The van der Waals surface area contributed by atoms with E-state index in [9.17, 15) is 14.3 Å². The first-order chi connectivity index (χ1) is 17.3. The van der Waals surface area contributed by atoms with Crippen LogP contribution < -0.4 is 15.6 Å². The molecular weight excluding hydrogens is 555 g/mol. The lowest BCUT2D eigenvalue weighted by Gasteiger charge is -2.27. The molecule has 0 bridgehead atoms. The molecule has 1 aliphatic heterocycles. The molecule has 188 valence electrons. The molecule has 1 amide bonds. The van der Waals surface area contributed by atoms with E-state index in [-0.39, 0.29) is 28.6 Å². The molecule has 4 rings (SSSR count). The number of amides is 1. The number of hydrogen-bond donors (Lipinski definition) is 3. The number of aromatic nitrogens is 2. The van der Waals surface area contributed by atoms with Gasteiger partial charge in [-0.15, -0.1) is 0 Å². The number of anilines is 3. The number of morpholine rings is 1. The number of aromatic hydroxyl groups is 1. The first-order valence-corrected chi connectivity index (χ1v) is 12.2. The summed E-state index contributed by atoms with van der Waals surface area (Å²) >= 11 is 9.68. The quantitative estimate of drug-likeness (QED) is 0.283. The first kappa shape index (κ1) is 25.8. The maximum absolute atomic E-state index is 14.3. The van der Waals surface area contributed by atoms with Gasteiger partial charge in [-0.25, -0.2) is 14.8 Å². The Hall–Kier alpha value is -3.28. The fourth-order valence-electron chi connectivity index (χ4n) is 3.68. The first-order valence-electron chi connectivity index (χ1n) is 11.0. The molecule has 36 heavy (non-hydrogen) atoms. The highest BCUT2D eigenvalue weighted by Gasteiger charge is 2.22. The number of aryl methyl sites for hydroxylation is 2. The van der Waals surface area contributed by atoms with E-state index in [1.54, 1.807) is 30.0 Å². The molecule has 1 fully saturated rings. The molecule has 0 saturated carbocycles. The van der Waals surface area contributed by atoms with Crippen molar-refractivity contribution in [2.75, 3.05) is 41.9 Å². The Balaban J connectivity index is 1.61. The summed E-state index contributed by atoms with van der Waals surface area (Å²) < 4.78 is 20.1. The Morgan fingerprint density at radius 3 is 2.78 bits per heavy atom. The lowest BCUT2D eigenvalue weighted by molar-refractivity contribution is 0.102. The van der Waals surface area contributed by atoms with E-state index >= 15 is 0 Å². The van der Waals surface area contributed by atoms with E-state index in [1.165, 1.54) is 6.21 Å². The van der Waals surface area contributed by atoms with Gasteiger partial charge < -0.3 is 20.1 Å². The van der Waals surface area contributed by atoms with Crippen molar-refractivity contribution < 1.29 is 19.0 Å². The summed E-state index contributed by atoms with van der Waals surface area (Å²) in [5.74, 6) is -0.984. The van der Waals surface area contributed by atoms with Crippen LogP contribution in [0.1, 0.15) is 27.0 Å². The highest BCUT2D eigenvalue weighted by molar-refractivity contribution is 9.10. The molecule has 0 aliphatic carbocycles. The van der Waals surface area contributed by atoms with Crippen molar-refractivity contribution in [3.8, 4) is 5.75 Å². The van der Waals surface area contributed by atoms with Gasteiger partial charge in [0, 0.05) is 17.6 Å². The minimum absolute atomic E-state index is 0.0537. The van der Waals surface area contributed by atoms with Crippen molar-refractivity contribution in [2.45, 2.75) is 13.8 Å². The number of benzene rings is 2. The number of carbonyl (C=O) groups is 1. The standard InChI is InChI=1S/C24H23BrClFN6O3/c1-13-4-3-5-17(26)20(13)30-23(35)19-15(21(34)14(2)10-16(19)25)11-29-32-24-28-12-18(27)22(31-24)33-6-8-36-9-7-33/h3-5,10-12,34H,6-9H2,1-2H3,(H,30,35)(H,28,31,32)/b29-11-. The summed E-state index contributed by atoms with van der Waals surface area (Å²) in [6.07, 6.45) is 2.34. The smallest absolute Gasteiger partial charge is 0.257 e. The van der Waals surface area contributed by atoms with E-state index in [1.807, 2.05) is 13.0 Å². The zero-order chi connectivity index (χ0) is 25.8. The van der Waals surface area contributed by atoms with Crippen LogP contribution in [-0.4, -0.2) is 53.5 Å². The van der Waals surface area contributed by atoms with E-state index in [0.29, 0.717) is 47.0 Å². The van der Waals surface area contributed by atoms with Crippen molar-refractivity contribution in [3.63, 3.8) is 0 Å². The van der Waals surface area contributed by atoms with Gasteiger partial charge in [0.05, 0.1) is 47.5 Å². The summed E-state index contributed by atoms with van der Waals surface area (Å²) in [4.78, 5) is 23.1. The number of rotatable bonds is 6. The van der Waals surface area contributed by atoms with Gasteiger partial charge in [0.2, 0.25) is 5.95 Å². The number of para-hydroxylation sites is 1. The third kappa shape index (κ3) is 5.58. The predicted molar refractivity (Wildman–Crippen MR) is 141 cm³/mol. The van der Waals surface area contributed by atoms with Crippen molar-refractivity contribution in [2.24, 2.45) is 5.10 Å². The van der Waals surface area contributed by atoms with Gasteiger partial charge in [-0.3, -0.25) is 4.79 Å². The molecule has 2 aromatic carbocycles. The second-order valence-electron chi connectivity index (χ2n) is 8.03. The monoisotopic (exact) mass is 576 g/mol. The SMILES string of the molecule is Cc1cc(Br)c(C(=O)Nc2c(C)cccc2Cl)c(/C=N\Nc2ncc(F)c(N3CCOCC3)n2)c1O. The average molecular weight is 578 g/mol. The molecule has 0 atom stereocenters. The van der Waals surface area contributed by atoms with Crippen LogP contribution in [0, 0.1) is 19.7 Å². The van der Waals surface area contributed by atoms with E-state index in [0.717, 1.165) is 11.8 Å². The van der Waals surface area contributed by atoms with Crippen LogP contribution in [0.4, 0.5) is 21.8 Å². The van der Waals surface area contributed by atoms with Crippen molar-refractivity contribution in [3.05, 3.63) is 68.0 Å². The number of nitrogens with one attached hydrogen (secondary N) is 2. The minimum atomic E-state index is -0.555. The summed E-state index contributed by atoms with van der Waals surface area (Å²) in [6, 6.07) is 6.91. The normalized spacial score (nSPS) is 13.8. The average Bonchev–Trinajstić information content (AvgIpc) is 2.86. The topological polar surface area (TPSA) is 112 Å². The summed E-state index contributed by atoms with van der Waals surface area (Å²) in [5.41, 5.74) is 4.73. The molecular formula is C24H23BrClFN6O3. The van der Waals surface area contributed by atoms with Gasteiger partial charge in [0.15, 0.2) is 11.6 Å². The Morgan fingerprint density at radius 1 is 1.31 bits per heavy atom. The van der Waals surface area contributed by atoms with Crippen LogP contribution in [-0.2, 0) is 4.74 Å². The van der Waals surface area contributed by atoms with E-state index in [4.69, 9.17) is 16.3 Å². The van der Waals surface area contributed by atoms with Crippen LogP contribution in [0.25, 0.3) is 0 Å². The molecule has 3 aromatic rings. The van der Waals surface area contributed by atoms with Gasteiger partial charge >= 0.3 is 0 Å². The number of nitrogens with zero attached hydrogens (tertiary/aromatic N) is 4. The number of hydrogen-bond acceptors (Lipinski definition) is 8. The van der Waals surface area contributed by atoms with Crippen LogP contribution in [0.2, 0.25) is 5.02 Å². The lowest BCUT2D eigenvalue weighted by Crippen LogP contribution is -2.37. The molecule has 9 nitrogen and oxygen atoms in total. The third-order valence-corrected chi connectivity index (χ3v) is 6.50. The molecule has 3 N–H and O–H groups in total. The summed E-state index contributed by atoms with van der Waals surface area (Å²) in [5, 5.41) is 18.0. The van der Waals surface area contributed by atoms with E-state index in [2.05, 4.69) is 41.7 Å². The highest BCUT2D eigenvalue weighted by atomic mass is 79.9. The maximum atomic E-state index is 14.3. The van der Waals surface area contributed by atoms with Crippen molar-refractivity contribution in [1.29, 1.82) is 0 Å². The summed E-state index contributed by atoms with van der Waals surface area (Å²) in [7, 11) is 0. The van der Waals surface area contributed by atoms with Crippen molar-refractivity contribution in [1.82, 2.24) is 9.97 Å². The Kier molecular flexibility index (Phi) is 8.02. The second kappa shape index (κ2) is 11.2. The fourth-order valence-corrected chi connectivity index (χ4v) is 4.68. The Morgan fingerprint density at radius 2 is 2.06 bits per heavy atom. The molecule has 12 heteroatoms. The van der Waals surface area contributed by atoms with Crippen molar-refractivity contribution >= 4 is 57.1 Å². The predicted octanol–water partition coefficient (Wildman–Crippen LogP) is 4.89. The number of carbonyl (C=O) groups excluding carboxylic acids is 1. The molecule has 0 unspecified atom stereocenters. The molecule has 1 aliphatic rings. The Labute approximate surface area is 220 Å². The number of phenols is 1. The molecule has 0 radical (unpaired) electrons. The third-order valence-electron chi connectivity index (χ3n) is 5.56. The van der Waals surface area contributed by atoms with Crippen LogP contribution in [0.15, 0.2) is 40.0 Å². The second-order valence-corrected chi connectivity index (χ2v) is 9.29. The van der Waals surface area contributed by atoms with E-state index < -0.39 is 11.7 Å². The number of hydrazone groups is 1. The lowest BCUT2D eigenvalue weighted by atomic mass is 10.0. The largest absolute Gasteiger partial charge is 0.507 e. The molecule has 1 aromatic heterocycles. The van der Waals surface area contributed by atoms with Crippen LogP contribution >= 0.6 is 27.5 Å². The Bertz CT molecular complexity index is 1310. The molecule has 1 saturated heterocycles. The van der Waals surface area contributed by atoms with Gasteiger partial charge in [-0.1, -0.05) is 23.7 Å². The molecule has 0 spiro atoms. The van der Waals surface area contributed by atoms with Gasteiger partial charge in [-0.2, -0.15) is 10.1 Å². The number of ether oxygens (including phenoxy) is 1. The fraction of sp³-hybridized carbons (Fsp3) is 0.250. The van der Waals surface area contributed by atoms with Crippen LogP contribution in [0.5, 0.6) is 5.75 Å². The minimum Gasteiger partial charge on any atom is -0.507 e. The number of halogens is 3. The zero-order valence-electron chi connectivity index (χ0n) is 19.5.